The molecule has 146 valence electrons. The van der Waals surface area contributed by atoms with Crippen LogP contribution in [0.4, 0.5) is 0 Å². The van der Waals surface area contributed by atoms with Gasteiger partial charge in [0.2, 0.25) is 0 Å². The molecular formula is C18H18N4O5S. The molecule has 0 aliphatic carbocycles. The van der Waals surface area contributed by atoms with E-state index in [0.717, 1.165) is 4.68 Å². The van der Waals surface area contributed by atoms with E-state index in [1.54, 1.807) is 37.3 Å². The van der Waals surface area contributed by atoms with Crippen LogP contribution in [0, 0.1) is 6.92 Å². The minimum atomic E-state index is -4.10. The SMILES string of the molecule is COc1ccc(C)cc1S(=O)(=O)NNC(=O)c1nn(C)c(=O)c2ccccc12. The fourth-order valence-electron chi connectivity index (χ4n) is 2.69. The lowest BCUT2D eigenvalue weighted by molar-refractivity contribution is 0.0939. The van der Waals surface area contributed by atoms with Crippen LogP contribution in [-0.4, -0.2) is 31.2 Å². The van der Waals surface area contributed by atoms with Gasteiger partial charge in [-0.1, -0.05) is 24.3 Å². The molecule has 0 aliphatic rings. The molecule has 3 rings (SSSR count). The molecule has 0 saturated carbocycles. The number of hydrazine groups is 1. The molecule has 0 fully saturated rings. The predicted octanol–water partition coefficient (Wildman–Crippen LogP) is 0.874. The van der Waals surface area contributed by atoms with Crippen LogP contribution in [0.5, 0.6) is 5.75 Å². The summed E-state index contributed by atoms with van der Waals surface area (Å²) in [7, 11) is -1.34. The minimum absolute atomic E-state index is 0.0865. The Labute approximate surface area is 161 Å². The van der Waals surface area contributed by atoms with Gasteiger partial charge in [-0.15, -0.1) is 4.83 Å². The molecule has 1 aromatic heterocycles. The molecule has 0 bridgehead atoms. The molecule has 0 aliphatic heterocycles. The van der Waals surface area contributed by atoms with Gasteiger partial charge in [0.15, 0.2) is 5.69 Å². The quantitative estimate of drug-likeness (QED) is 0.611. The zero-order valence-corrected chi connectivity index (χ0v) is 16.2. The summed E-state index contributed by atoms with van der Waals surface area (Å²) in [4.78, 5) is 26.6. The first-order valence-corrected chi connectivity index (χ1v) is 9.66. The number of carbonyl (C=O) groups is 1. The summed E-state index contributed by atoms with van der Waals surface area (Å²) in [5.41, 5.74) is 2.39. The number of carbonyl (C=O) groups excluding carboxylic acids is 1. The second kappa shape index (κ2) is 7.41. The van der Waals surface area contributed by atoms with E-state index in [2.05, 4.69) is 10.5 Å². The van der Waals surface area contributed by atoms with Gasteiger partial charge in [-0.05, 0) is 30.7 Å². The van der Waals surface area contributed by atoms with Gasteiger partial charge in [-0.3, -0.25) is 15.0 Å². The molecule has 3 aromatic rings. The van der Waals surface area contributed by atoms with Crippen LogP contribution in [0.2, 0.25) is 0 Å². The van der Waals surface area contributed by atoms with E-state index in [4.69, 9.17) is 4.74 Å². The number of ether oxygens (including phenoxy) is 1. The van der Waals surface area contributed by atoms with Crippen LogP contribution in [0.1, 0.15) is 16.1 Å². The van der Waals surface area contributed by atoms with Crippen LogP contribution >= 0.6 is 0 Å². The van der Waals surface area contributed by atoms with Crippen molar-refractivity contribution in [2.45, 2.75) is 11.8 Å². The van der Waals surface area contributed by atoms with E-state index in [1.807, 2.05) is 4.83 Å². The van der Waals surface area contributed by atoms with Gasteiger partial charge in [0.05, 0.1) is 12.5 Å². The van der Waals surface area contributed by atoms with Crippen LogP contribution in [-0.2, 0) is 17.1 Å². The number of methoxy groups -OCH3 is 1. The Kier molecular flexibility index (Phi) is 5.16. The van der Waals surface area contributed by atoms with E-state index in [-0.39, 0.29) is 21.9 Å². The molecule has 1 heterocycles. The number of aromatic nitrogens is 2. The number of nitrogens with zero attached hydrogens (tertiary/aromatic N) is 2. The first kappa shape index (κ1) is 19.5. The Hall–Kier alpha value is -3.24. The Morgan fingerprint density at radius 1 is 1.14 bits per heavy atom. The maximum atomic E-state index is 12.6. The third-order valence-corrected chi connectivity index (χ3v) is 5.35. The average molecular weight is 402 g/mol. The van der Waals surface area contributed by atoms with E-state index >= 15 is 0 Å². The fourth-order valence-corrected chi connectivity index (χ4v) is 3.78. The van der Waals surface area contributed by atoms with Gasteiger partial charge < -0.3 is 4.74 Å². The van der Waals surface area contributed by atoms with Gasteiger partial charge >= 0.3 is 0 Å². The van der Waals surface area contributed by atoms with Crippen LogP contribution < -0.4 is 20.6 Å². The maximum absolute atomic E-state index is 12.6. The number of rotatable bonds is 5. The van der Waals surface area contributed by atoms with Crippen molar-refractivity contribution in [1.29, 1.82) is 0 Å². The number of sulfonamides is 1. The standard InChI is InChI=1S/C18H18N4O5S/c1-11-8-9-14(27-3)15(10-11)28(25,26)21-19-17(23)16-12-6-4-5-7-13(12)18(24)22(2)20-16/h4-10,21H,1-3H3,(H,19,23). The molecule has 9 nitrogen and oxygen atoms in total. The molecule has 2 aromatic carbocycles. The van der Waals surface area contributed by atoms with Gasteiger partial charge in [0.25, 0.3) is 21.5 Å². The number of aryl methyl sites for hydroxylation is 2. The van der Waals surface area contributed by atoms with E-state index in [1.165, 1.54) is 26.3 Å². The summed E-state index contributed by atoms with van der Waals surface area (Å²) in [6, 6.07) is 11.1. The number of amides is 1. The highest BCUT2D eigenvalue weighted by atomic mass is 32.2. The summed E-state index contributed by atoms with van der Waals surface area (Å²) in [5, 5.41) is 4.57. The molecule has 0 atom stereocenters. The molecular weight excluding hydrogens is 384 g/mol. The molecule has 1 amide bonds. The van der Waals surface area contributed by atoms with Crippen LogP contribution in [0.25, 0.3) is 10.8 Å². The molecule has 0 unspecified atom stereocenters. The number of benzene rings is 2. The number of fused-ring (bicyclic) bond motifs is 1. The summed E-state index contributed by atoms with van der Waals surface area (Å²) in [6.07, 6.45) is 0. The smallest absolute Gasteiger partial charge is 0.287 e. The van der Waals surface area contributed by atoms with Crippen molar-refractivity contribution >= 4 is 26.7 Å². The van der Waals surface area contributed by atoms with Gasteiger partial charge in [0.1, 0.15) is 10.6 Å². The number of hydrogen-bond donors (Lipinski definition) is 2. The van der Waals surface area contributed by atoms with Gasteiger partial charge in [-0.2, -0.15) is 5.10 Å². The van der Waals surface area contributed by atoms with Crippen molar-refractivity contribution in [2.75, 3.05) is 7.11 Å². The summed E-state index contributed by atoms with van der Waals surface area (Å²) in [5.74, 6) is -0.667. The molecule has 0 spiro atoms. The lowest BCUT2D eigenvalue weighted by Gasteiger charge is -2.13. The molecule has 2 N–H and O–H groups in total. The summed E-state index contributed by atoms with van der Waals surface area (Å²) in [6.45, 7) is 1.73. The average Bonchev–Trinajstić information content (AvgIpc) is 2.69. The second-order valence-corrected chi connectivity index (χ2v) is 7.69. The van der Waals surface area contributed by atoms with Crippen LogP contribution in [0.15, 0.2) is 52.2 Å². The Bertz CT molecular complexity index is 1230. The molecule has 0 saturated heterocycles. The van der Waals surface area contributed by atoms with Crippen LogP contribution in [0.3, 0.4) is 0 Å². The maximum Gasteiger partial charge on any atom is 0.287 e. The first-order chi connectivity index (χ1) is 13.2. The molecule has 0 radical (unpaired) electrons. The Morgan fingerprint density at radius 2 is 1.82 bits per heavy atom. The minimum Gasteiger partial charge on any atom is -0.495 e. The molecule has 10 heteroatoms. The topological polar surface area (TPSA) is 119 Å². The summed E-state index contributed by atoms with van der Waals surface area (Å²) < 4.78 is 31.3. The molecule has 28 heavy (non-hydrogen) atoms. The summed E-state index contributed by atoms with van der Waals surface area (Å²) >= 11 is 0. The zero-order chi connectivity index (χ0) is 20.5. The van der Waals surface area contributed by atoms with Gasteiger partial charge in [0, 0.05) is 12.4 Å². The van der Waals surface area contributed by atoms with Crippen molar-refractivity contribution in [2.24, 2.45) is 7.05 Å². The lowest BCUT2D eigenvalue weighted by atomic mass is 10.1. The van der Waals surface area contributed by atoms with Crippen molar-refractivity contribution in [3.8, 4) is 5.75 Å². The zero-order valence-electron chi connectivity index (χ0n) is 15.4. The Balaban J connectivity index is 1.93. The first-order valence-electron chi connectivity index (χ1n) is 8.17. The van der Waals surface area contributed by atoms with E-state index in [0.29, 0.717) is 16.3 Å². The second-order valence-electron chi connectivity index (χ2n) is 6.04. The van der Waals surface area contributed by atoms with E-state index in [9.17, 15) is 18.0 Å². The highest BCUT2D eigenvalue weighted by molar-refractivity contribution is 7.89. The third kappa shape index (κ3) is 3.59. The predicted molar refractivity (Wildman–Crippen MR) is 103 cm³/mol. The van der Waals surface area contributed by atoms with E-state index < -0.39 is 15.9 Å². The number of hydrogen-bond acceptors (Lipinski definition) is 6. The third-order valence-electron chi connectivity index (χ3n) is 4.08. The van der Waals surface area contributed by atoms with Crippen molar-refractivity contribution in [3.63, 3.8) is 0 Å². The van der Waals surface area contributed by atoms with Gasteiger partial charge in [-0.25, -0.2) is 13.1 Å². The lowest BCUT2D eigenvalue weighted by Crippen LogP contribution is -2.42. The van der Waals surface area contributed by atoms with Crippen molar-refractivity contribution < 1.29 is 17.9 Å². The Morgan fingerprint density at radius 3 is 2.50 bits per heavy atom. The highest BCUT2D eigenvalue weighted by Gasteiger charge is 2.22. The monoisotopic (exact) mass is 402 g/mol. The largest absolute Gasteiger partial charge is 0.495 e. The normalized spacial score (nSPS) is 11.4. The number of nitrogens with one attached hydrogen (secondary N) is 2. The van der Waals surface area contributed by atoms with Crippen molar-refractivity contribution in [3.05, 3.63) is 64.1 Å². The highest BCUT2D eigenvalue weighted by Crippen LogP contribution is 2.24. The fraction of sp³-hybridized carbons (Fsp3) is 0.167. The van der Waals surface area contributed by atoms with Crippen molar-refractivity contribution in [1.82, 2.24) is 20.0 Å².